The van der Waals surface area contributed by atoms with Gasteiger partial charge in [-0.25, -0.2) is 0 Å². The molecule has 1 aliphatic rings. The fourth-order valence-electron chi connectivity index (χ4n) is 6.33. The van der Waals surface area contributed by atoms with E-state index in [0.717, 1.165) is 44.7 Å². The highest BCUT2D eigenvalue weighted by Crippen LogP contribution is 2.30. The highest BCUT2D eigenvalue weighted by molar-refractivity contribution is 6.01. The van der Waals surface area contributed by atoms with Crippen molar-refractivity contribution >= 4 is 34.4 Å². The number of aryl methyl sites for hydroxylation is 1. The zero-order valence-electron chi connectivity index (χ0n) is 27.7. The molecule has 6 rings (SSSR count). The fourth-order valence-corrected chi connectivity index (χ4v) is 6.33. The Kier molecular flexibility index (Phi) is 9.73. The van der Waals surface area contributed by atoms with Crippen LogP contribution in [0.3, 0.4) is 0 Å². The summed E-state index contributed by atoms with van der Waals surface area (Å²) >= 11 is 0. The monoisotopic (exact) mass is 642 g/mol. The molecule has 0 unspecified atom stereocenters. The van der Waals surface area contributed by atoms with E-state index in [-0.39, 0.29) is 24.1 Å². The molecule has 1 aromatic heterocycles. The van der Waals surface area contributed by atoms with Gasteiger partial charge in [0.15, 0.2) is 0 Å². The van der Waals surface area contributed by atoms with Gasteiger partial charge in [-0.3, -0.25) is 14.4 Å². The lowest BCUT2D eigenvalue weighted by Crippen LogP contribution is -2.50. The van der Waals surface area contributed by atoms with Gasteiger partial charge in [0.25, 0.3) is 5.91 Å². The minimum Gasteiger partial charge on any atom is -0.460 e. The first kappa shape index (κ1) is 32.7. The molecule has 8 heteroatoms. The van der Waals surface area contributed by atoms with Crippen LogP contribution in [0.4, 0.5) is 5.69 Å². The van der Waals surface area contributed by atoms with Gasteiger partial charge in [-0.1, -0.05) is 78.9 Å². The van der Waals surface area contributed by atoms with Crippen LogP contribution in [0.1, 0.15) is 60.9 Å². The normalized spacial score (nSPS) is 14.8. The molecule has 3 amide bonds. The summed E-state index contributed by atoms with van der Waals surface area (Å²) < 4.78 is 5.93. The van der Waals surface area contributed by atoms with Crippen molar-refractivity contribution in [3.05, 3.63) is 126 Å². The van der Waals surface area contributed by atoms with Crippen LogP contribution in [-0.4, -0.2) is 35.8 Å². The summed E-state index contributed by atoms with van der Waals surface area (Å²) in [5.74, 6) is 0.377. The molecule has 4 aromatic carbocycles. The predicted octanol–water partition coefficient (Wildman–Crippen LogP) is 6.77. The van der Waals surface area contributed by atoms with E-state index in [1.165, 1.54) is 0 Å². The number of hydrogen-bond donors (Lipinski definition) is 3. The fraction of sp³-hybridized carbons (Fsp3) is 0.275. The summed E-state index contributed by atoms with van der Waals surface area (Å²) in [6.45, 7) is 7.24. The van der Waals surface area contributed by atoms with E-state index in [2.05, 4.69) is 16.0 Å². The summed E-state index contributed by atoms with van der Waals surface area (Å²) in [6, 6.07) is 32.7. The van der Waals surface area contributed by atoms with Gasteiger partial charge in [-0.2, -0.15) is 0 Å². The number of nitrogens with zero attached hydrogens (tertiary/aromatic N) is 1. The molecular formula is C40H42N4O4. The van der Waals surface area contributed by atoms with Crippen LogP contribution in [0.15, 0.2) is 108 Å². The number of rotatable bonds is 11. The van der Waals surface area contributed by atoms with Crippen LogP contribution in [0.2, 0.25) is 0 Å². The van der Waals surface area contributed by atoms with E-state index >= 15 is 0 Å². The molecule has 3 N–H and O–H groups in total. The minimum atomic E-state index is -0.653. The molecule has 0 fully saturated rings. The average molecular weight is 643 g/mol. The third kappa shape index (κ3) is 7.50. The molecular weight excluding hydrogens is 600 g/mol. The Morgan fingerprint density at radius 2 is 1.65 bits per heavy atom. The molecule has 0 saturated carbocycles. The van der Waals surface area contributed by atoms with E-state index in [4.69, 9.17) is 4.42 Å². The number of furan rings is 1. The first-order valence-electron chi connectivity index (χ1n) is 16.6. The van der Waals surface area contributed by atoms with Crippen molar-refractivity contribution in [1.29, 1.82) is 0 Å². The molecule has 0 radical (unpaired) electrons. The van der Waals surface area contributed by atoms with Crippen LogP contribution in [0.25, 0.3) is 22.1 Å². The number of anilines is 1. The second-order valence-electron chi connectivity index (χ2n) is 13.0. The molecule has 48 heavy (non-hydrogen) atoms. The lowest BCUT2D eigenvalue weighted by Gasteiger charge is -2.29. The van der Waals surface area contributed by atoms with Gasteiger partial charge in [-0.15, -0.1) is 0 Å². The van der Waals surface area contributed by atoms with Gasteiger partial charge in [0.1, 0.15) is 17.4 Å². The molecule has 0 spiro atoms. The third-order valence-corrected chi connectivity index (χ3v) is 8.82. The van der Waals surface area contributed by atoms with E-state index in [1.807, 2.05) is 124 Å². The summed E-state index contributed by atoms with van der Waals surface area (Å²) in [4.78, 5) is 42.0. The number of para-hydroxylation sites is 2. The number of benzene rings is 4. The van der Waals surface area contributed by atoms with E-state index in [0.29, 0.717) is 38.0 Å². The predicted molar refractivity (Wildman–Crippen MR) is 190 cm³/mol. The van der Waals surface area contributed by atoms with Crippen LogP contribution < -0.4 is 20.9 Å². The van der Waals surface area contributed by atoms with Crippen molar-refractivity contribution in [3.63, 3.8) is 0 Å². The topological polar surface area (TPSA) is 104 Å². The van der Waals surface area contributed by atoms with E-state index in [1.54, 1.807) is 4.90 Å². The van der Waals surface area contributed by atoms with E-state index in [9.17, 15) is 14.4 Å². The Morgan fingerprint density at radius 3 is 2.44 bits per heavy atom. The number of fused-ring (bicyclic) bond motifs is 2. The summed E-state index contributed by atoms with van der Waals surface area (Å²) in [7, 11) is 0. The zero-order valence-corrected chi connectivity index (χ0v) is 27.7. The summed E-state index contributed by atoms with van der Waals surface area (Å²) in [5.41, 5.74) is 5.57. The Hall–Kier alpha value is -5.21. The maximum atomic E-state index is 14.1. The largest absolute Gasteiger partial charge is 0.460 e. The highest BCUT2D eigenvalue weighted by Gasteiger charge is 2.33. The molecule has 246 valence electrons. The number of carbonyl (C=O) groups excluding carboxylic acids is 3. The second kappa shape index (κ2) is 14.3. The first-order valence-corrected chi connectivity index (χ1v) is 16.6. The van der Waals surface area contributed by atoms with Crippen LogP contribution in [0, 0.1) is 0 Å². The van der Waals surface area contributed by atoms with Gasteiger partial charge in [0.2, 0.25) is 11.8 Å². The number of carbonyl (C=O) groups is 3. The Labute approximate surface area is 281 Å². The van der Waals surface area contributed by atoms with E-state index < -0.39 is 11.6 Å². The van der Waals surface area contributed by atoms with Crippen molar-refractivity contribution in [2.75, 3.05) is 11.4 Å². The summed E-state index contributed by atoms with van der Waals surface area (Å²) in [6.07, 6.45) is 1.39. The molecule has 2 heterocycles. The van der Waals surface area contributed by atoms with Crippen molar-refractivity contribution in [3.8, 4) is 11.1 Å². The SMILES string of the molecule is CCNC(=O)c1ccccc1-c1ccc(CN2C(=O)[C@H](NC(=O)CC(C)(C)NCc3cc4ccccc4o3)CCc3ccccc32)cc1. The Balaban J connectivity index is 1.14. The molecule has 0 saturated heterocycles. The molecule has 0 aliphatic carbocycles. The molecule has 1 atom stereocenters. The van der Waals surface area contributed by atoms with Crippen LogP contribution in [0.5, 0.6) is 0 Å². The van der Waals surface area contributed by atoms with Crippen molar-refractivity contribution in [1.82, 2.24) is 16.0 Å². The standard InChI is InChI=1S/C40H42N4O4/c1-4-41-38(46)33-14-8-7-13-32(33)28-19-17-27(18-20-28)26-44-35-15-9-5-11-29(35)21-22-34(39(44)47)43-37(45)24-40(2,3)42-25-31-23-30-12-6-10-16-36(30)48-31/h5-20,23,34,42H,4,21-22,24-26H2,1-3H3,(H,41,46)(H,43,45)/t34-/m1/s1. The molecule has 8 nitrogen and oxygen atoms in total. The van der Waals surface area contributed by atoms with Gasteiger partial charge >= 0.3 is 0 Å². The first-order chi connectivity index (χ1) is 23.2. The van der Waals surface area contributed by atoms with Crippen LogP contribution in [-0.2, 0) is 29.1 Å². The van der Waals surface area contributed by atoms with Gasteiger partial charge in [0.05, 0.1) is 13.1 Å². The third-order valence-electron chi connectivity index (χ3n) is 8.82. The zero-order chi connectivity index (χ0) is 33.7. The number of nitrogens with one attached hydrogen (secondary N) is 3. The van der Waals surface area contributed by atoms with Crippen molar-refractivity contribution in [2.45, 2.75) is 64.7 Å². The number of hydrogen-bond acceptors (Lipinski definition) is 5. The van der Waals surface area contributed by atoms with Crippen molar-refractivity contribution < 1.29 is 18.8 Å². The number of amides is 3. The Morgan fingerprint density at radius 1 is 0.917 bits per heavy atom. The second-order valence-corrected chi connectivity index (χ2v) is 13.0. The van der Waals surface area contributed by atoms with Gasteiger partial charge in [0, 0.05) is 35.1 Å². The smallest absolute Gasteiger partial charge is 0.251 e. The quantitative estimate of drug-likeness (QED) is 0.148. The Bertz CT molecular complexity index is 1890. The maximum absolute atomic E-state index is 14.1. The molecule has 0 bridgehead atoms. The van der Waals surface area contributed by atoms with Gasteiger partial charge in [-0.05, 0) is 80.1 Å². The minimum absolute atomic E-state index is 0.109. The summed E-state index contributed by atoms with van der Waals surface area (Å²) in [5, 5.41) is 10.4. The average Bonchev–Trinajstić information content (AvgIpc) is 3.47. The lowest BCUT2D eigenvalue weighted by atomic mass is 9.98. The highest BCUT2D eigenvalue weighted by atomic mass is 16.3. The lowest BCUT2D eigenvalue weighted by molar-refractivity contribution is -0.128. The molecule has 1 aliphatic heterocycles. The molecule has 5 aromatic rings. The van der Waals surface area contributed by atoms with Gasteiger partial charge < -0.3 is 25.3 Å². The van der Waals surface area contributed by atoms with Crippen molar-refractivity contribution in [2.24, 2.45) is 0 Å². The maximum Gasteiger partial charge on any atom is 0.251 e. The van der Waals surface area contributed by atoms with Crippen LogP contribution >= 0.6 is 0 Å².